The van der Waals surface area contributed by atoms with Gasteiger partial charge < -0.3 is 14.6 Å². The number of rotatable bonds is 5. The first-order chi connectivity index (χ1) is 19.2. The minimum atomic E-state index is -4.47. The third-order valence-electron chi connectivity index (χ3n) is 8.26. The molecule has 0 spiro atoms. The summed E-state index contributed by atoms with van der Waals surface area (Å²) in [5, 5.41) is 12.5. The fourth-order valence-corrected chi connectivity index (χ4v) is 5.89. The van der Waals surface area contributed by atoms with Crippen LogP contribution >= 0.6 is 11.6 Å². The fraction of sp³-hybridized carbons (Fsp3) is 0.433. The van der Waals surface area contributed by atoms with Gasteiger partial charge in [-0.25, -0.2) is 4.98 Å². The van der Waals surface area contributed by atoms with Gasteiger partial charge in [0, 0.05) is 50.9 Å². The molecule has 3 heterocycles. The van der Waals surface area contributed by atoms with Crippen LogP contribution in [-0.2, 0) is 17.4 Å². The number of halogens is 4. The summed E-state index contributed by atoms with van der Waals surface area (Å²) < 4.78 is 42.0. The molecule has 41 heavy (non-hydrogen) atoms. The number of nitrogens with zero attached hydrogens (tertiary/aromatic N) is 5. The van der Waals surface area contributed by atoms with Gasteiger partial charge in [0.2, 0.25) is 5.91 Å². The maximum Gasteiger partial charge on any atom is 0.394 e. The molecule has 3 aromatic rings. The summed E-state index contributed by atoms with van der Waals surface area (Å²) in [6, 6.07) is 9.02. The molecule has 1 aromatic carbocycles. The highest BCUT2D eigenvalue weighted by Crippen LogP contribution is 2.46. The average Bonchev–Trinajstić information content (AvgIpc) is 3.29. The largest absolute Gasteiger partial charge is 0.394 e. The summed E-state index contributed by atoms with van der Waals surface area (Å²) in [4.78, 5) is 25.5. The van der Waals surface area contributed by atoms with Crippen LogP contribution in [0.1, 0.15) is 61.3 Å². The molecule has 0 bridgehead atoms. The smallest absolute Gasteiger partial charge is 0.379 e. The topological polar surface area (TPSA) is 74.5 Å². The van der Waals surface area contributed by atoms with E-state index >= 15 is 0 Å². The van der Waals surface area contributed by atoms with Crippen molar-refractivity contribution >= 4 is 29.2 Å². The molecule has 11 heteroatoms. The number of pyridine rings is 1. The summed E-state index contributed by atoms with van der Waals surface area (Å²) in [6.45, 7) is 5.31. The summed E-state index contributed by atoms with van der Waals surface area (Å²) in [5.74, 6) is -0.505. The number of aliphatic hydroxyl groups is 1. The average molecular weight is 588 g/mol. The molecule has 2 atom stereocenters. The predicted molar refractivity (Wildman–Crippen MR) is 151 cm³/mol. The van der Waals surface area contributed by atoms with E-state index in [1.165, 1.54) is 4.90 Å². The Morgan fingerprint density at radius 1 is 1.12 bits per heavy atom. The molecule has 0 radical (unpaired) electrons. The number of alkyl halides is 3. The second-order valence-corrected chi connectivity index (χ2v) is 12.0. The highest BCUT2D eigenvalue weighted by Gasteiger charge is 2.49. The Balaban J connectivity index is 1.51. The van der Waals surface area contributed by atoms with Crippen LogP contribution in [-0.4, -0.2) is 67.7 Å². The van der Waals surface area contributed by atoms with E-state index in [-0.39, 0.29) is 6.04 Å². The van der Waals surface area contributed by atoms with Gasteiger partial charge in [0.1, 0.15) is 5.60 Å². The first kappa shape index (κ1) is 29.3. The van der Waals surface area contributed by atoms with E-state index in [2.05, 4.69) is 9.88 Å². The van der Waals surface area contributed by atoms with Gasteiger partial charge in [-0.05, 0) is 53.5 Å². The van der Waals surface area contributed by atoms with E-state index in [4.69, 9.17) is 16.6 Å². The van der Waals surface area contributed by atoms with E-state index in [0.29, 0.717) is 42.5 Å². The van der Waals surface area contributed by atoms with Gasteiger partial charge in [0.05, 0.1) is 35.4 Å². The second kappa shape index (κ2) is 10.6. The van der Waals surface area contributed by atoms with Crippen LogP contribution in [0, 0.1) is 5.41 Å². The third kappa shape index (κ3) is 5.40. The Kier molecular flexibility index (Phi) is 7.55. The Morgan fingerprint density at radius 2 is 1.83 bits per heavy atom. The normalized spacial score (nSPS) is 19.6. The number of piperazine rings is 1. The summed E-state index contributed by atoms with van der Waals surface area (Å²) >= 11 is 6.51. The minimum absolute atomic E-state index is 0.293. The summed E-state index contributed by atoms with van der Waals surface area (Å²) in [6.07, 6.45) is 1.86. The summed E-state index contributed by atoms with van der Waals surface area (Å²) in [7, 11) is 1.82. The molecule has 0 saturated carbocycles. The van der Waals surface area contributed by atoms with Crippen molar-refractivity contribution in [1.82, 2.24) is 24.3 Å². The van der Waals surface area contributed by atoms with Crippen LogP contribution in [0.25, 0.3) is 11.6 Å². The van der Waals surface area contributed by atoms with Crippen LogP contribution in [0.2, 0.25) is 5.02 Å². The SMILES string of the molecule is Cn1cncc1[C@@](C)(O)C1=Cc2cccnc2[C@@H](N2CCN(C(=O)CC(C)(C)C(F)(F)F)CC2)c2ccc(Cl)cc21. The van der Waals surface area contributed by atoms with Crippen molar-refractivity contribution in [3.8, 4) is 0 Å². The predicted octanol–water partition coefficient (Wildman–Crippen LogP) is 5.44. The maximum absolute atomic E-state index is 13.4. The number of carbonyl (C=O) groups excluding carboxylic acids is 1. The lowest BCUT2D eigenvalue weighted by Crippen LogP contribution is -2.51. The number of aryl methyl sites for hydroxylation is 1. The molecule has 7 nitrogen and oxygen atoms in total. The zero-order chi connectivity index (χ0) is 29.7. The van der Waals surface area contributed by atoms with Crippen LogP contribution in [0.5, 0.6) is 0 Å². The van der Waals surface area contributed by atoms with Gasteiger partial charge >= 0.3 is 6.18 Å². The van der Waals surface area contributed by atoms with Gasteiger partial charge in [-0.15, -0.1) is 0 Å². The first-order valence-corrected chi connectivity index (χ1v) is 13.8. The molecule has 1 aliphatic heterocycles. The van der Waals surface area contributed by atoms with E-state index in [1.54, 1.807) is 36.3 Å². The number of fused-ring (bicyclic) bond motifs is 2. The van der Waals surface area contributed by atoms with Crippen molar-refractivity contribution in [2.45, 2.75) is 45.0 Å². The van der Waals surface area contributed by atoms with Gasteiger partial charge in [0.25, 0.3) is 0 Å². The van der Waals surface area contributed by atoms with E-state index in [1.807, 2.05) is 37.4 Å². The number of imidazole rings is 1. The fourth-order valence-electron chi connectivity index (χ4n) is 5.72. The molecule has 1 N–H and O–H groups in total. The summed E-state index contributed by atoms with van der Waals surface area (Å²) in [5.41, 5.74) is 0.971. The zero-order valence-electron chi connectivity index (χ0n) is 23.4. The molecular weight excluding hydrogens is 555 g/mol. The Bertz CT molecular complexity index is 1490. The minimum Gasteiger partial charge on any atom is -0.379 e. The van der Waals surface area contributed by atoms with Crippen LogP contribution in [0.15, 0.2) is 49.1 Å². The van der Waals surface area contributed by atoms with Crippen molar-refractivity contribution in [3.63, 3.8) is 0 Å². The van der Waals surface area contributed by atoms with Crippen molar-refractivity contribution in [2.75, 3.05) is 26.2 Å². The van der Waals surface area contributed by atoms with Crippen LogP contribution < -0.4 is 0 Å². The molecule has 1 saturated heterocycles. The Labute approximate surface area is 242 Å². The lowest BCUT2D eigenvalue weighted by molar-refractivity contribution is -0.215. The van der Waals surface area contributed by atoms with Crippen LogP contribution in [0.3, 0.4) is 0 Å². The molecular formula is C30H33ClF3N5O2. The highest BCUT2D eigenvalue weighted by molar-refractivity contribution is 6.30. The number of benzene rings is 1. The highest BCUT2D eigenvalue weighted by atomic mass is 35.5. The number of hydrogen-bond acceptors (Lipinski definition) is 5. The number of carbonyl (C=O) groups is 1. The van der Waals surface area contributed by atoms with Crippen molar-refractivity contribution in [2.24, 2.45) is 12.5 Å². The Hall–Kier alpha value is -3.21. The monoisotopic (exact) mass is 587 g/mol. The van der Waals surface area contributed by atoms with Crippen molar-refractivity contribution in [3.05, 3.63) is 82.2 Å². The van der Waals surface area contributed by atoms with Gasteiger partial charge in [-0.2, -0.15) is 13.2 Å². The first-order valence-electron chi connectivity index (χ1n) is 13.5. The molecule has 0 unspecified atom stereocenters. The molecule has 1 aliphatic carbocycles. The lowest BCUT2D eigenvalue weighted by atomic mass is 9.84. The van der Waals surface area contributed by atoms with Crippen LogP contribution in [0.4, 0.5) is 13.2 Å². The van der Waals surface area contributed by atoms with Gasteiger partial charge in [-0.1, -0.05) is 37.6 Å². The third-order valence-corrected chi connectivity index (χ3v) is 8.50. The number of aromatic nitrogens is 3. The molecule has 2 aliphatic rings. The second-order valence-electron chi connectivity index (χ2n) is 11.6. The number of amides is 1. The number of hydrogen-bond donors (Lipinski definition) is 1. The van der Waals surface area contributed by atoms with Crippen molar-refractivity contribution in [1.29, 1.82) is 0 Å². The zero-order valence-corrected chi connectivity index (χ0v) is 24.2. The van der Waals surface area contributed by atoms with E-state index in [0.717, 1.165) is 36.2 Å². The van der Waals surface area contributed by atoms with Gasteiger partial charge in [0.15, 0.2) is 0 Å². The van der Waals surface area contributed by atoms with Gasteiger partial charge in [-0.3, -0.25) is 14.7 Å². The lowest BCUT2D eigenvalue weighted by Gasteiger charge is -2.41. The quantitative estimate of drug-likeness (QED) is 0.430. The molecule has 218 valence electrons. The Morgan fingerprint density at radius 3 is 2.46 bits per heavy atom. The molecule has 1 fully saturated rings. The molecule has 2 aromatic heterocycles. The molecule has 5 rings (SSSR count). The van der Waals surface area contributed by atoms with E-state index in [9.17, 15) is 23.1 Å². The maximum atomic E-state index is 13.4. The molecule has 1 amide bonds. The van der Waals surface area contributed by atoms with Crippen molar-refractivity contribution < 1.29 is 23.1 Å². The standard InChI is InChI=1S/C30H33ClF3N5O2/c1-28(2,30(32,33)34)16-25(40)38-10-12-39(13-11-38)27-21-8-7-20(31)15-22(21)23(14-19-6-5-9-36-26(19)27)29(3,41)24-17-35-18-37(24)4/h5-9,14-15,17-18,27,41H,10-13,16H2,1-4H3/t27-,29-/m0/s1. The van der Waals surface area contributed by atoms with E-state index < -0.39 is 29.5 Å².